The van der Waals surface area contributed by atoms with Gasteiger partial charge in [-0.25, -0.2) is 0 Å². The Balaban J connectivity index is 1.57. The Morgan fingerprint density at radius 3 is 2.52 bits per heavy atom. The average molecular weight is 384 g/mol. The molecule has 2 N–H and O–H groups in total. The number of hydrogen-bond donors (Lipinski definition) is 1. The third-order valence-corrected chi connectivity index (χ3v) is 5.41. The van der Waals surface area contributed by atoms with Gasteiger partial charge in [-0.2, -0.15) is 0 Å². The summed E-state index contributed by atoms with van der Waals surface area (Å²) < 4.78 is 0. The van der Waals surface area contributed by atoms with Gasteiger partial charge in [0.05, 0.1) is 5.71 Å². The first-order valence-electron chi connectivity index (χ1n) is 9.24. The molecule has 0 radical (unpaired) electrons. The summed E-state index contributed by atoms with van der Waals surface area (Å²) in [6.45, 7) is 3.25. The van der Waals surface area contributed by atoms with Gasteiger partial charge in [0.25, 0.3) is 5.91 Å². The van der Waals surface area contributed by atoms with Crippen LogP contribution in [0.1, 0.15) is 30.4 Å². The third kappa shape index (κ3) is 3.99. The summed E-state index contributed by atoms with van der Waals surface area (Å²) in [5, 5.41) is 4.73. The predicted octanol–water partition coefficient (Wildman–Crippen LogP) is 3.58. The molecule has 0 spiro atoms. The molecule has 0 saturated carbocycles. The minimum Gasteiger partial charge on any atom is -0.382 e. The van der Waals surface area contributed by atoms with Gasteiger partial charge < -0.3 is 10.6 Å². The van der Waals surface area contributed by atoms with E-state index in [0.29, 0.717) is 6.42 Å². The van der Waals surface area contributed by atoms with Crippen molar-refractivity contribution in [1.82, 2.24) is 4.90 Å². The molecule has 4 rings (SSSR count). The summed E-state index contributed by atoms with van der Waals surface area (Å²) in [4.78, 5) is 18.8. The number of carbonyl (C=O) groups excluding carboxylic acids is 1. The molecule has 1 amide bonds. The standard InChI is InChI=1S/C21H22ClN3O2/c22-17-8-7-16(13-25-9-1-2-10-25)18(11-17)14-3-5-15(6-4-14)19-12-20(21(23)26)27-24-19/h3-8,11,20H,1-2,9-10,12-13H2,(H2,23,26). The zero-order valence-corrected chi connectivity index (χ0v) is 15.8. The molecule has 5 nitrogen and oxygen atoms in total. The molecule has 140 valence electrons. The number of likely N-dealkylation sites (tertiary alicyclic amines) is 1. The van der Waals surface area contributed by atoms with Crippen molar-refractivity contribution in [2.75, 3.05) is 13.1 Å². The van der Waals surface area contributed by atoms with E-state index < -0.39 is 12.0 Å². The highest BCUT2D eigenvalue weighted by molar-refractivity contribution is 6.30. The molecule has 2 heterocycles. The van der Waals surface area contributed by atoms with Crippen LogP contribution in [0.4, 0.5) is 0 Å². The highest BCUT2D eigenvalue weighted by atomic mass is 35.5. The fraction of sp³-hybridized carbons (Fsp3) is 0.333. The van der Waals surface area contributed by atoms with Crippen LogP contribution in [-0.2, 0) is 16.2 Å². The predicted molar refractivity (Wildman–Crippen MR) is 107 cm³/mol. The Labute approximate surface area is 163 Å². The second-order valence-electron chi connectivity index (χ2n) is 7.10. The fourth-order valence-electron chi connectivity index (χ4n) is 3.68. The molecular formula is C21H22ClN3O2. The van der Waals surface area contributed by atoms with E-state index in [1.165, 1.54) is 18.4 Å². The Kier molecular flexibility index (Phi) is 5.14. The number of halogens is 1. The summed E-state index contributed by atoms with van der Waals surface area (Å²) in [5.41, 5.74) is 10.5. The summed E-state index contributed by atoms with van der Waals surface area (Å²) >= 11 is 6.27. The summed E-state index contributed by atoms with van der Waals surface area (Å²) in [6, 6.07) is 14.2. The van der Waals surface area contributed by atoms with Crippen molar-refractivity contribution in [3.8, 4) is 11.1 Å². The molecule has 0 bridgehead atoms. The van der Waals surface area contributed by atoms with Gasteiger partial charge >= 0.3 is 0 Å². The number of carbonyl (C=O) groups is 1. The SMILES string of the molecule is NC(=O)C1CC(c2ccc(-c3cc(Cl)ccc3CN3CCCC3)cc2)=NO1. The van der Waals surface area contributed by atoms with E-state index in [4.69, 9.17) is 22.2 Å². The first kappa shape index (κ1) is 18.0. The molecule has 6 heteroatoms. The number of hydrogen-bond acceptors (Lipinski definition) is 4. The quantitative estimate of drug-likeness (QED) is 0.858. The maximum Gasteiger partial charge on any atom is 0.261 e. The van der Waals surface area contributed by atoms with Crippen molar-refractivity contribution >= 4 is 23.2 Å². The maximum atomic E-state index is 11.2. The van der Waals surface area contributed by atoms with Gasteiger partial charge in [0.15, 0.2) is 0 Å². The maximum absolute atomic E-state index is 11.2. The first-order valence-corrected chi connectivity index (χ1v) is 9.61. The number of nitrogens with two attached hydrogens (primary N) is 1. The van der Waals surface area contributed by atoms with Crippen LogP contribution in [0, 0.1) is 0 Å². The van der Waals surface area contributed by atoms with Crippen LogP contribution in [0.3, 0.4) is 0 Å². The first-order chi connectivity index (χ1) is 13.1. The van der Waals surface area contributed by atoms with Crippen LogP contribution >= 0.6 is 11.6 Å². The number of rotatable bonds is 5. The highest BCUT2D eigenvalue weighted by Crippen LogP contribution is 2.30. The molecule has 2 aromatic carbocycles. The lowest BCUT2D eigenvalue weighted by atomic mass is 9.96. The van der Waals surface area contributed by atoms with Gasteiger partial charge in [0.1, 0.15) is 0 Å². The number of benzene rings is 2. The van der Waals surface area contributed by atoms with E-state index in [1.807, 2.05) is 24.3 Å². The van der Waals surface area contributed by atoms with Gasteiger partial charge in [-0.3, -0.25) is 9.69 Å². The lowest BCUT2D eigenvalue weighted by molar-refractivity contribution is -0.127. The van der Waals surface area contributed by atoms with Crippen LogP contribution < -0.4 is 5.73 Å². The van der Waals surface area contributed by atoms with Gasteiger partial charge in [0, 0.05) is 18.0 Å². The highest BCUT2D eigenvalue weighted by Gasteiger charge is 2.26. The zero-order valence-electron chi connectivity index (χ0n) is 15.0. The van der Waals surface area contributed by atoms with Crippen molar-refractivity contribution in [2.45, 2.75) is 31.9 Å². The van der Waals surface area contributed by atoms with Gasteiger partial charge in [0.2, 0.25) is 6.10 Å². The van der Waals surface area contributed by atoms with Crippen LogP contribution in [0.15, 0.2) is 47.6 Å². The Morgan fingerprint density at radius 2 is 1.85 bits per heavy atom. The molecule has 2 aliphatic rings. The van der Waals surface area contributed by atoms with E-state index in [-0.39, 0.29) is 0 Å². The Bertz CT molecular complexity index is 873. The van der Waals surface area contributed by atoms with E-state index in [9.17, 15) is 4.79 Å². The molecule has 0 aliphatic carbocycles. The Morgan fingerprint density at radius 1 is 1.15 bits per heavy atom. The van der Waals surface area contributed by atoms with E-state index in [0.717, 1.165) is 47.1 Å². The molecule has 27 heavy (non-hydrogen) atoms. The number of primary amides is 1. The normalized spacial score (nSPS) is 19.7. The smallest absolute Gasteiger partial charge is 0.261 e. The molecule has 1 fully saturated rings. The average Bonchev–Trinajstić information content (AvgIpc) is 3.35. The lowest BCUT2D eigenvalue weighted by Gasteiger charge is -2.18. The van der Waals surface area contributed by atoms with Gasteiger partial charge in [-0.15, -0.1) is 0 Å². The minimum atomic E-state index is -0.667. The molecule has 0 aromatic heterocycles. The van der Waals surface area contributed by atoms with Gasteiger partial charge in [-0.1, -0.05) is 47.1 Å². The summed E-state index contributed by atoms with van der Waals surface area (Å²) in [7, 11) is 0. The summed E-state index contributed by atoms with van der Waals surface area (Å²) in [6.07, 6.45) is 2.29. The third-order valence-electron chi connectivity index (χ3n) is 5.18. The van der Waals surface area contributed by atoms with E-state index >= 15 is 0 Å². The summed E-state index contributed by atoms with van der Waals surface area (Å²) in [5.74, 6) is -0.490. The second-order valence-corrected chi connectivity index (χ2v) is 7.54. The molecular weight excluding hydrogens is 362 g/mol. The van der Waals surface area contributed by atoms with E-state index in [2.05, 4.69) is 28.3 Å². The van der Waals surface area contributed by atoms with Gasteiger partial charge in [-0.05, 0) is 60.3 Å². The Hall–Kier alpha value is -2.37. The molecule has 2 aromatic rings. The molecule has 1 atom stereocenters. The molecule has 1 saturated heterocycles. The van der Waals surface area contributed by atoms with Crippen LogP contribution in [0.25, 0.3) is 11.1 Å². The minimum absolute atomic E-state index is 0.409. The lowest BCUT2D eigenvalue weighted by Crippen LogP contribution is -2.28. The monoisotopic (exact) mass is 383 g/mol. The zero-order chi connectivity index (χ0) is 18.8. The van der Waals surface area contributed by atoms with Crippen molar-refractivity contribution < 1.29 is 9.63 Å². The van der Waals surface area contributed by atoms with Crippen molar-refractivity contribution in [3.63, 3.8) is 0 Å². The van der Waals surface area contributed by atoms with Crippen molar-refractivity contribution in [2.24, 2.45) is 10.9 Å². The fourth-order valence-corrected chi connectivity index (χ4v) is 3.85. The molecule has 2 aliphatic heterocycles. The second kappa shape index (κ2) is 7.71. The number of amides is 1. The molecule has 1 unspecified atom stereocenters. The van der Waals surface area contributed by atoms with E-state index in [1.54, 1.807) is 0 Å². The van der Waals surface area contributed by atoms with Crippen LogP contribution in [0.5, 0.6) is 0 Å². The number of oxime groups is 1. The number of nitrogens with zero attached hydrogens (tertiary/aromatic N) is 2. The van der Waals surface area contributed by atoms with Crippen LogP contribution in [-0.4, -0.2) is 35.7 Å². The van der Waals surface area contributed by atoms with Crippen molar-refractivity contribution in [1.29, 1.82) is 0 Å². The largest absolute Gasteiger partial charge is 0.382 e. The van der Waals surface area contributed by atoms with Crippen molar-refractivity contribution in [3.05, 3.63) is 58.6 Å². The van der Waals surface area contributed by atoms with Crippen LogP contribution in [0.2, 0.25) is 5.02 Å². The topological polar surface area (TPSA) is 67.9 Å².